The van der Waals surface area contributed by atoms with E-state index < -0.39 is 0 Å². The van der Waals surface area contributed by atoms with Crippen LogP contribution in [0.15, 0.2) is 30.5 Å². The predicted octanol–water partition coefficient (Wildman–Crippen LogP) is 3.90. The molecule has 0 aliphatic carbocycles. The molecule has 4 rings (SSSR count). The number of nitrogens with one attached hydrogen (secondary N) is 1. The normalized spacial score (nSPS) is 16.6. The van der Waals surface area contributed by atoms with E-state index in [0.29, 0.717) is 17.9 Å². The Labute approximate surface area is 183 Å². The molecule has 2 aromatic heterocycles. The summed E-state index contributed by atoms with van der Waals surface area (Å²) in [6.07, 6.45) is 3.96. The average molecular weight is 425 g/mol. The number of nitrogens with zero attached hydrogens (tertiary/aromatic N) is 5. The van der Waals surface area contributed by atoms with Gasteiger partial charge in [-0.25, -0.2) is 0 Å². The number of likely N-dealkylation sites (tertiary alicyclic amines) is 1. The van der Waals surface area contributed by atoms with Crippen molar-refractivity contribution in [2.75, 3.05) is 32.6 Å². The third-order valence-corrected chi connectivity index (χ3v) is 5.90. The second-order valence-corrected chi connectivity index (χ2v) is 8.58. The molecule has 3 heterocycles. The summed E-state index contributed by atoms with van der Waals surface area (Å²) in [7, 11) is 3.81. The van der Waals surface area contributed by atoms with E-state index in [4.69, 9.17) is 19.4 Å². The van der Waals surface area contributed by atoms with Crippen molar-refractivity contribution in [3.63, 3.8) is 0 Å². The molecule has 1 fully saturated rings. The fourth-order valence-electron chi connectivity index (χ4n) is 3.85. The SMILES string of the molecule is COc1ccc([C@H](C)Nc2nc(OC3CCN(C)CC3)nc3c(C(C)C)cnn23)cc1. The van der Waals surface area contributed by atoms with Crippen molar-refractivity contribution >= 4 is 11.6 Å². The largest absolute Gasteiger partial charge is 0.497 e. The summed E-state index contributed by atoms with van der Waals surface area (Å²) in [5.74, 6) is 1.77. The number of piperidine rings is 1. The topological polar surface area (TPSA) is 76.8 Å². The molecule has 0 radical (unpaired) electrons. The number of fused-ring (bicyclic) bond motifs is 1. The van der Waals surface area contributed by atoms with Crippen LogP contribution in [0.1, 0.15) is 56.7 Å². The smallest absolute Gasteiger partial charge is 0.322 e. The van der Waals surface area contributed by atoms with Crippen LogP contribution in [0.4, 0.5) is 5.95 Å². The fraction of sp³-hybridized carbons (Fsp3) is 0.522. The summed E-state index contributed by atoms with van der Waals surface area (Å²) in [4.78, 5) is 11.8. The van der Waals surface area contributed by atoms with Gasteiger partial charge < -0.3 is 19.7 Å². The number of methoxy groups -OCH3 is 1. The zero-order valence-corrected chi connectivity index (χ0v) is 19.0. The first-order valence-corrected chi connectivity index (χ1v) is 11.0. The van der Waals surface area contributed by atoms with Gasteiger partial charge in [0, 0.05) is 18.7 Å². The minimum absolute atomic E-state index is 0.0203. The number of benzene rings is 1. The first-order valence-electron chi connectivity index (χ1n) is 11.0. The van der Waals surface area contributed by atoms with E-state index >= 15 is 0 Å². The third kappa shape index (κ3) is 4.74. The molecule has 1 aromatic carbocycles. The molecule has 8 nitrogen and oxygen atoms in total. The lowest BCUT2D eigenvalue weighted by molar-refractivity contribution is 0.105. The molecule has 0 spiro atoms. The van der Waals surface area contributed by atoms with E-state index in [1.54, 1.807) is 11.6 Å². The van der Waals surface area contributed by atoms with Gasteiger partial charge in [0.1, 0.15) is 11.9 Å². The summed E-state index contributed by atoms with van der Waals surface area (Å²) in [6, 6.07) is 8.45. The van der Waals surface area contributed by atoms with Gasteiger partial charge in [-0.15, -0.1) is 0 Å². The minimum Gasteiger partial charge on any atom is -0.497 e. The molecule has 1 saturated heterocycles. The van der Waals surface area contributed by atoms with Crippen LogP contribution in [0.2, 0.25) is 0 Å². The number of hydrogen-bond donors (Lipinski definition) is 1. The first-order chi connectivity index (χ1) is 14.9. The van der Waals surface area contributed by atoms with Gasteiger partial charge in [-0.3, -0.25) is 0 Å². The Morgan fingerprint density at radius 1 is 1.06 bits per heavy atom. The van der Waals surface area contributed by atoms with Crippen molar-refractivity contribution in [3.8, 4) is 11.8 Å². The highest BCUT2D eigenvalue weighted by Gasteiger charge is 2.22. The van der Waals surface area contributed by atoms with Gasteiger partial charge in [0.2, 0.25) is 5.95 Å². The van der Waals surface area contributed by atoms with E-state index in [2.05, 4.69) is 43.1 Å². The molecule has 0 unspecified atom stereocenters. The molecule has 1 N–H and O–H groups in total. The standard InChI is InChI=1S/C23H32N6O2/c1-15(2)20-14-24-29-21(20)26-23(31-19-10-12-28(4)13-11-19)27-22(29)25-16(3)17-6-8-18(30-5)9-7-17/h6-9,14-16,19H,10-13H2,1-5H3,(H,25,26,27)/t16-/m0/s1. The summed E-state index contributed by atoms with van der Waals surface area (Å²) in [6.45, 7) is 8.43. The van der Waals surface area contributed by atoms with Crippen LogP contribution >= 0.6 is 0 Å². The predicted molar refractivity (Wildman–Crippen MR) is 121 cm³/mol. The zero-order chi connectivity index (χ0) is 22.0. The highest BCUT2D eigenvalue weighted by Crippen LogP contribution is 2.26. The number of rotatable bonds is 7. The van der Waals surface area contributed by atoms with Crippen molar-refractivity contribution in [2.24, 2.45) is 0 Å². The van der Waals surface area contributed by atoms with Crippen LogP contribution in [-0.4, -0.2) is 57.8 Å². The number of anilines is 1. The minimum atomic E-state index is 0.0203. The quantitative estimate of drug-likeness (QED) is 0.616. The average Bonchev–Trinajstić information content (AvgIpc) is 3.20. The molecule has 8 heteroatoms. The van der Waals surface area contributed by atoms with Gasteiger partial charge >= 0.3 is 6.01 Å². The van der Waals surface area contributed by atoms with Gasteiger partial charge in [-0.2, -0.15) is 19.6 Å². The molecular formula is C23H32N6O2. The van der Waals surface area contributed by atoms with Crippen LogP contribution in [0.25, 0.3) is 5.65 Å². The van der Waals surface area contributed by atoms with Gasteiger partial charge in [-0.05, 0) is 50.4 Å². The van der Waals surface area contributed by atoms with E-state index in [0.717, 1.165) is 48.5 Å². The molecule has 1 atom stereocenters. The fourth-order valence-corrected chi connectivity index (χ4v) is 3.85. The lowest BCUT2D eigenvalue weighted by Gasteiger charge is -2.28. The highest BCUT2D eigenvalue weighted by molar-refractivity contribution is 5.53. The van der Waals surface area contributed by atoms with Crippen molar-refractivity contribution in [1.29, 1.82) is 0 Å². The summed E-state index contributed by atoms with van der Waals surface area (Å²) < 4.78 is 13.3. The molecule has 1 aliphatic rings. The van der Waals surface area contributed by atoms with E-state index in [1.165, 1.54) is 0 Å². The van der Waals surface area contributed by atoms with E-state index in [1.807, 2.05) is 30.5 Å². The van der Waals surface area contributed by atoms with Crippen molar-refractivity contribution < 1.29 is 9.47 Å². The lowest BCUT2D eigenvalue weighted by atomic mass is 10.1. The monoisotopic (exact) mass is 424 g/mol. The molecule has 0 bridgehead atoms. The molecular weight excluding hydrogens is 392 g/mol. The maximum atomic E-state index is 6.23. The third-order valence-electron chi connectivity index (χ3n) is 5.90. The Balaban J connectivity index is 1.63. The van der Waals surface area contributed by atoms with Crippen LogP contribution in [0, 0.1) is 0 Å². The Morgan fingerprint density at radius 3 is 2.42 bits per heavy atom. The van der Waals surface area contributed by atoms with Crippen molar-refractivity contribution in [2.45, 2.75) is 51.7 Å². The Kier molecular flexibility index (Phi) is 6.27. The van der Waals surface area contributed by atoms with Gasteiger partial charge in [-0.1, -0.05) is 26.0 Å². The maximum absolute atomic E-state index is 6.23. The van der Waals surface area contributed by atoms with Crippen molar-refractivity contribution in [1.82, 2.24) is 24.5 Å². The van der Waals surface area contributed by atoms with Crippen molar-refractivity contribution in [3.05, 3.63) is 41.6 Å². The van der Waals surface area contributed by atoms with Crippen LogP contribution in [0.5, 0.6) is 11.8 Å². The lowest BCUT2D eigenvalue weighted by Crippen LogP contribution is -2.36. The summed E-state index contributed by atoms with van der Waals surface area (Å²) >= 11 is 0. The van der Waals surface area contributed by atoms with Gasteiger partial charge in [0.15, 0.2) is 5.65 Å². The van der Waals surface area contributed by atoms with Crippen LogP contribution < -0.4 is 14.8 Å². The maximum Gasteiger partial charge on any atom is 0.322 e. The highest BCUT2D eigenvalue weighted by atomic mass is 16.5. The van der Waals surface area contributed by atoms with Crippen LogP contribution in [-0.2, 0) is 0 Å². The first kappa shape index (κ1) is 21.4. The summed E-state index contributed by atoms with van der Waals surface area (Å²) in [5, 5.41) is 8.05. The number of aromatic nitrogens is 4. The van der Waals surface area contributed by atoms with Gasteiger partial charge in [0.05, 0.1) is 19.3 Å². The Hall–Kier alpha value is -2.87. The Morgan fingerprint density at radius 2 is 1.77 bits per heavy atom. The molecule has 31 heavy (non-hydrogen) atoms. The second kappa shape index (κ2) is 9.09. The molecule has 1 aliphatic heterocycles. The second-order valence-electron chi connectivity index (χ2n) is 8.58. The summed E-state index contributed by atoms with van der Waals surface area (Å²) in [5.41, 5.74) is 3.00. The Bertz CT molecular complexity index is 1010. The van der Waals surface area contributed by atoms with E-state index in [-0.39, 0.29) is 12.1 Å². The molecule has 3 aromatic rings. The zero-order valence-electron chi connectivity index (χ0n) is 19.0. The van der Waals surface area contributed by atoms with Gasteiger partial charge in [0.25, 0.3) is 0 Å². The molecule has 166 valence electrons. The van der Waals surface area contributed by atoms with Crippen LogP contribution in [0.3, 0.4) is 0 Å². The number of ether oxygens (including phenoxy) is 2. The van der Waals surface area contributed by atoms with E-state index in [9.17, 15) is 0 Å². The molecule has 0 amide bonds. The number of hydrogen-bond acceptors (Lipinski definition) is 7. The molecule has 0 saturated carbocycles.